The average molecular weight is 446 g/mol. The normalized spacial score (nSPS) is 14.7. The molecule has 33 heavy (non-hydrogen) atoms. The molecule has 4 aromatic heterocycles. The van der Waals surface area contributed by atoms with Crippen LogP contribution in [0.5, 0.6) is 0 Å². The topological polar surface area (TPSA) is 94.0 Å². The second-order valence-corrected chi connectivity index (χ2v) is 8.83. The summed E-state index contributed by atoms with van der Waals surface area (Å²) in [7, 11) is 0. The van der Waals surface area contributed by atoms with Crippen molar-refractivity contribution >= 4 is 17.2 Å². The molecule has 0 aliphatic heterocycles. The Morgan fingerprint density at radius 3 is 2.85 bits per heavy atom. The number of pyridine rings is 2. The van der Waals surface area contributed by atoms with E-state index in [1.807, 2.05) is 22.7 Å². The van der Waals surface area contributed by atoms with Gasteiger partial charge in [0.15, 0.2) is 5.69 Å². The summed E-state index contributed by atoms with van der Waals surface area (Å²) in [6.45, 7) is 2.19. The first kappa shape index (κ1) is 21.3. The molecule has 3 N–H and O–H groups in total. The molecule has 0 saturated heterocycles. The van der Waals surface area contributed by atoms with Gasteiger partial charge >= 0.3 is 5.56 Å². The van der Waals surface area contributed by atoms with Crippen molar-refractivity contribution in [2.75, 3.05) is 6.54 Å². The van der Waals surface area contributed by atoms with Gasteiger partial charge < -0.3 is 15.0 Å². The molecule has 1 saturated carbocycles. The molecular weight excluding hydrogens is 416 g/mol. The Kier molecular flexibility index (Phi) is 6.17. The maximum atomic E-state index is 12.6. The van der Waals surface area contributed by atoms with Gasteiger partial charge in [-0.15, -0.1) is 0 Å². The Bertz CT molecular complexity index is 1340. The lowest BCUT2D eigenvalue weighted by molar-refractivity contribution is -0.355. The van der Waals surface area contributed by atoms with Crippen LogP contribution in [0, 0.1) is 5.92 Å². The summed E-state index contributed by atoms with van der Waals surface area (Å²) >= 11 is 0. The molecule has 1 amide bonds. The number of carbonyl (C=O) groups excluding carboxylic acids is 1. The Labute approximate surface area is 191 Å². The van der Waals surface area contributed by atoms with Gasteiger partial charge in [0, 0.05) is 25.0 Å². The number of nitrogens with zero attached hydrogens (tertiary/aromatic N) is 3. The van der Waals surface area contributed by atoms with Crippen molar-refractivity contribution in [3.05, 3.63) is 82.3 Å². The third-order valence-electron chi connectivity index (χ3n) is 6.35. The predicted molar refractivity (Wildman–Crippen MR) is 125 cm³/mol. The quantitative estimate of drug-likeness (QED) is 0.457. The van der Waals surface area contributed by atoms with Crippen molar-refractivity contribution < 1.29 is 9.78 Å². The molecular formula is C25H29N6O2+. The number of fused-ring (bicyclic) bond motifs is 2. The van der Waals surface area contributed by atoms with Gasteiger partial charge in [0.05, 0.1) is 24.5 Å². The summed E-state index contributed by atoms with van der Waals surface area (Å²) in [5, 5.41) is 6.44. The molecule has 0 unspecified atom stereocenters. The first-order valence-corrected chi connectivity index (χ1v) is 11.6. The smallest absolute Gasteiger partial charge is 0.343 e. The summed E-state index contributed by atoms with van der Waals surface area (Å²) < 4.78 is 3.45. The second kappa shape index (κ2) is 9.54. The molecule has 5 rings (SSSR count). The van der Waals surface area contributed by atoms with Gasteiger partial charge in [-0.2, -0.15) is 4.40 Å². The van der Waals surface area contributed by atoms with E-state index < -0.39 is 0 Å². The van der Waals surface area contributed by atoms with Gasteiger partial charge in [0.25, 0.3) is 11.6 Å². The number of H-pyrrole nitrogens is 1. The van der Waals surface area contributed by atoms with E-state index in [1.54, 1.807) is 18.3 Å². The fourth-order valence-electron chi connectivity index (χ4n) is 4.58. The van der Waals surface area contributed by atoms with Gasteiger partial charge in [-0.1, -0.05) is 31.4 Å². The second-order valence-electron chi connectivity index (χ2n) is 8.83. The van der Waals surface area contributed by atoms with E-state index in [4.69, 9.17) is 0 Å². The first-order chi connectivity index (χ1) is 16.2. The van der Waals surface area contributed by atoms with Crippen LogP contribution in [0.15, 0.2) is 59.8 Å². The third-order valence-corrected chi connectivity index (χ3v) is 6.35. The van der Waals surface area contributed by atoms with Crippen LogP contribution in [-0.2, 0) is 13.1 Å². The molecule has 8 heteroatoms. The monoisotopic (exact) mass is 445 g/mol. The lowest BCUT2D eigenvalue weighted by Gasteiger charge is -2.21. The summed E-state index contributed by atoms with van der Waals surface area (Å²) in [6, 6.07) is 10.7. The van der Waals surface area contributed by atoms with E-state index in [1.165, 1.54) is 48.1 Å². The van der Waals surface area contributed by atoms with Crippen LogP contribution in [0.4, 0.5) is 0 Å². The molecule has 0 aromatic carbocycles. The number of hydrogen-bond donors (Lipinski definition) is 2. The number of imidazole rings is 1. The number of rotatable bonds is 7. The summed E-state index contributed by atoms with van der Waals surface area (Å²) in [4.78, 5) is 32.4. The van der Waals surface area contributed by atoms with Crippen LogP contribution >= 0.6 is 0 Å². The molecule has 0 atom stereocenters. The van der Waals surface area contributed by atoms with E-state index in [2.05, 4.69) is 32.9 Å². The molecule has 0 spiro atoms. The van der Waals surface area contributed by atoms with Gasteiger partial charge in [0.1, 0.15) is 5.65 Å². The minimum atomic E-state index is -0.344. The maximum absolute atomic E-state index is 12.6. The number of aromatic nitrogens is 4. The molecule has 1 aliphatic carbocycles. The molecule has 4 aromatic rings. The highest BCUT2D eigenvalue weighted by atomic mass is 16.2. The van der Waals surface area contributed by atoms with Crippen molar-refractivity contribution in [1.29, 1.82) is 0 Å². The number of amides is 1. The van der Waals surface area contributed by atoms with Crippen LogP contribution < -0.4 is 21.2 Å². The first-order valence-electron chi connectivity index (χ1n) is 11.6. The van der Waals surface area contributed by atoms with Crippen LogP contribution in [0.25, 0.3) is 11.3 Å². The van der Waals surface area contributed by atoms with Crippen molar-refractivity contribution in [2.24, 2.45) is 5.92 Å². The number of nitrogens with one attached hydrogen (secondary N) is 3. The van der Waals surface area contributed by atoms with Crippen molar-refractivity contribution in [2.45, 2.75) is 45.2 Å². The summed E-state index contributed by atoms with van der Waals surface area (Å²) in [5.74, 6) is 0.463. The maximum Gasteiger partial charge on any atom is 0.343 e. The zero-order valence-corrected chi connectivity index (χ0v) is 18.6. The summed E-state index contributed by atoms with van der Waals surface area (Å²) in [5.41, 5.74) is 3.33. The molecule has 1 fully saturated rings. The fourth-order valence-corrected chi connectivity index (χ4v) is 4.58. The number of hydrogen-bond acceptors (Lipinski definition) is 4. The fraction of sp³-hybridized carbons (Fsp3) is 0.360. The SMILES string of the molecule is O=C(NCc1cn2cc(CNCC3CCCCC3)ccc2n1)c1cc(=O)n2ccccc2[nH+]1. The molecule has 0 radical (unpaired) electrons. The average Bonchev–Trinajstić information content (AvgIpc) is 3.25. The van der Waals surface area contributed by atoms with Crippen LogP contribution in [-0.4, -0.2) is 26.2 Å². The Morgan fingerprint density at radius 1 is 1.09 bits per heavy atom. The molecule has 170 valence electrons. The van der Waals surface area contributed by atoms with Crippen LogP contribution in [0.3, 0.4) is 0 Å². The predicted octanol–water partition coefficient (Wildman–Crippen LogP) is 2.36. The standard InChI is InChI=1S/C25H28N6O2/c32-24-12-21(29-23-8-4-5-11-31(23)24)25(33)27-15-20-17-30-16-19(9-10-22(30)28-20)14-26-13-18-6-2-1-3-7-18/h4-5,8-12,16-18,26H,1-3,6-7,13-15H2,(H,27,33)/p+1. The highest BCUT2D eigenvalue weighted by Crippen LogP contribution is 2.22. The van der Waals surface area contributed by atoms with Gasteiger partial charge in [0.2, 0.25) is 0 Å². The zero-order chi connectivity index (χ0) is 22.6. The van der Waals surface area contributed by atoms with Crippen molar-refractivity contribution in [1.82, 2.24) is 24.4 Å². The Morgan fingerprint density at radius 2 is 1.97 bits per heavy atom. The molecule has 8 nitrogen and oxygen atoms in total. The zero-order valence-electron chi connectivity index (χ0n) is 18.6. The highest BCUT2D eigenvalue weighted by Gasteiger charge is 2.16. The van der Waals surface area contributed by atoms with Crippen LogP contribution in [0.1, 0.15) is 53.8 Å². The van der Waals surface area contributed by atoms with E-state index in [0.717, 1.165) is 30.3 Å². The third kappa shape index (κ3) is 4.96. The minimum Gasteiger partial charge on any atom is -0.343 e. The molecule has 0 bridgehead atoms. The van der Waals surface area contributed by atoms with Crippen molar-refractivity contribution in [3.63, 3.8) is 0 Å². The lowest BCUT2D eigenvalue weighted by Crippen LogP contribution is -2.34. The number of aromatic amines is 1. The van der Waals surface area contributed by atoms with E-state index >= 15 is 0 Å². The van der Waals surface area contributed by atoms with Gasteiger partial charge in [-0.3, -0.25) is 4.79 Å². The Hall–Kier alpha value is -3.52. The van der Waals surface area contributed by atoms with Gasteiger partial charge in [-0.25, -0.2) is 14.8 Å². The lowest BCUT2D eigenvalue weighted by atomic mass is 9.89. The summed E-state index contributed by atoms with van der Waals surface area (Å²) in [6.07, 6.45) is 12.5. The largest absolute Gasteiger partial charge is 0.343 e. The minimum absolute atomic E-state index is 0.223. The van der Waals surface area contributed by atoms with E-state index in [-0.39, 0.29) is 23.7 Å². The molecule has 4 heterocycles. The van der Waals surface area contributed by atoms with Crippen molar-refractivity contribution in [3.8, 4) is 0 Å². The van der Waals surface area contributed by atoms with E-state index in [9.17, 15) is 9.59 Å². The highest BCUT2D eigenvalue weighted by molar-refractivity contribution is 5.90. The Balaban J connectivity index is 1.20. The van der Waals surface area contributed by atoms with E-state index in [0.29, 0.717) is 5.65 Å². The van der Waals surface area contributed by atoms with Crippen LogP contribution in [0.2, 0.25) is 0 Å². The molecule has 1 aliphatic rings. The number of carbonyl (C=O) groups is 1. The van der Waals surface area contributed by atoms with Gasteiger partial charge in [-0.05, 0) is 43.0 Å².